The SMILES string of the molecule is CN(CCC1(O)CCCC1)C(=O)[C@H]1CCCCCN1C. The van der Waals surface area contributed by atoms with E-state index in [1.807, 2.05) is 11.9 Å². The van der Waals surface area contributed by atoms with Gasteiger partial charge in [-0.25, -0.2) is 0 Å². The van der Waals surface area contributed by atoms with E-state index in [-0.39, 0.29) is 11.9 Å². The summed E-state index contributed by atoms with van der Waals surface area (Å²) in [5.41, 5.74) is -0.510. The molecule has 2 rings (SSSR count). The van der Waals surface area contributed by atoms with E-state index in [1.54, 1.807) is 0 Å². The summed E-state index contributed by atoms with van der Waals surface area (Å²) in [6.07, 6.45) is 9.34. The van der Waals surface area contributed by atoms with E-state index in [0.717, 1.165) is 51.5 Å². The van der Waals surface area contributed by atoms with Crippen molar-refractivity contribution < 1.29 is 9.90 Å². The average Bonchev–Trinajstić information content (AvgIpc) is 2.75. The van der Waals surface area contributed by atoms with E-state index in [9.17, 15) is 9.90 Å². The zero-order chi connectivity index (χ0) is 14.6. The maximum Gasteiger partial charge on any atom is 0.239 e. The van der Waals surface area contributed by atoms with Crippen molar-refractivity contribution in [3.63, 3.8) is 0 Å². The van der Waals surface area contributed by atoms with E-state index >= 15 is 0 Å². The number of aliphatic hydroxyl groups is 1. The monoisotopic (exact) mass is 282 g/mol. The Bertz CT molecular complexity index is 326. The molecule has 1 saturated heterocycles. The van der Waals surface area contributed by atoms with Crippen LogP contribution in [0, 0.1) is 0 Å². The first-order chi connectivity index (χ1) is 9.52. The lowest BCUT2D eigenvalue weighted by atomic mass is 9.97. The Morgan fingerprint density at radius 2 is 1.95 bits per heavy atom. The van der Waals surface area contributed by atoms with Crippen molar-refractivity contribution >= 4 is 5.91 Å². The summed E-state index contributed by atoms with van der Waals surface area (Å²) in [4.78, 5) is 16.6. The standard InChI is InChI=1S/C16H30N2O2/c1-17-12-7-3-4-8-14(17)15(19)18(2)13-11-16(20)9-5-6-10-16/h14,20H,3-13H2,1-2H3/t14-/m1/s1. The summed E-state index contributed by atoms with van der Waals surface area (Å²) in [6.45, 7) is 1.70. The minimum absolute atomic E-state index is 0.0423. The highest BCUT2D eigenvalue weighted by Gasteiger charge is 2.33. The second kappa shape index (κ2) is 6.90. The third-order valence-electron chi connectivity index (χ3n) is 5.13. The van der Waals surface area contributed by atoms with Crippen LogP contribution >= 0.6 is 0 Å². The fourth-order valence-electron chi connectivity index (χ4n) is 3.59. The van der Waals surface area contributed by atoms with Crippen molar-refractivity contribution in [3.8, 4) is 0 Å². The lowest BCUT2D eigenvalue weighted by molar-refractivity contribution is -0.135. The quantitative estimate of drug-likeness (QED) is 0.858. The molecule has 1 aliphatic carbocycles. The number of nitrogens with zero attached hydrogens (tertiary/aromatic N) is 2. The first-order valence-electron chi connectivity index (χ1n) is 8.19. The van der Waals surface area contributed by atoms with E-state index in [4.69, 9.17) is 0 Å². The molecule has 2 fully saturated rings. The molecule has 0 aromatic rings. The number of carbonyl (C=O) groups is 1. The second-order valence-corrected chi connectivity index (χ2v) is 6.79. The first-order valence-corrected chi connectivity index (χ1v) is 8.19. The minimum atomic E-state index is -0.510. The number of carbonyl (C=O) groups excluding carboxylic acids is 1. The van der Waals surface area contributed by atoms with Crippen molar-refractivity contribution in [1.82, 2.24) is 9.80 Å². The van der Waals surface area contributed by atoms with Gasteiger partial charge in [-0.05, 0) is 45.7 Å². The highest BCUT2D eigenvalue weighted by molar-refractivity contribution is 5.81. The molecule has 1 N–H and O–H groups in total. The Hall–Kier alpha value is -0.610. The van der Waals surface area contributed by atoms with Gasteiger partial charge in [0.15, 0.2) is 0 Å². The summed E-state index contributed by atoms with van der Waals surface area (Å²) in [7, 11) is 3.95. The van der Waals surface area contributed by atoms with Crippen molar-refractivity contribution in [2.24, 2.45) is 0 Å². The molecule has 20 heavy (non-hydrogen) atoms. The molecule has 2 aliphatic rings. The zero-order valence-electron chi connectivity index (χ0n) is 13.1. The van der Waals surface area contributed by atoms with E-state index in [2.05, 4.69) is 11.9 Å². The van der Waals surface area contributed by atoms with Gasteiger partial charge in [0, 0.05) is 13.6 Å². The third-order valence-corrected chi connectivity index (χ3v) is 5.13. The number of rotatable bonds is 4. The van der Waals surface area contributed by atoms with Crippen LogP contribution in [0.4, 0.5) is 0 Å². The van der Waals surface area contributed by atoms with Crippen molar-refractivity contribution in [2.45, 2.75) is 69.4 Å². The van der Waals surface area contributed by atoms with Gasteiger partial charge in [0.1, 0.15) is 0 Å². The van der Waals surface area contributed by atoms with Crippen LogP contribution in [0.5, 0.6) is 0 Å². The summed E-state index contributed by atoms with van der Waals surface area (Å²) in [5, 5.41) is 10.4. The van der Waals surface area contributed by atoms with Gasteiger partial charge in [0.25, 0.3) is 0 Å². The normalized spacial score (nSPS) is 27.2. The van der Waals surface area contributed by atoms with Crippen molar-refractivity contribution in [1.29, 1.82) is 0 Å². The van der Waals surface area contributed by atoms with Gasteiger partial charge in [0.2, 0.25) is 5.91 Å². The van der Waals surface area contributed by atoms with Crippen molar-refractivity contribution in [2.75, 3.05) is 27.2 Å². The summed E-state index contributed by atoms with van der Waals surface area (Å²) < 4.78 is 0. The molecule has 4 nitrogen and oxygen atoms in total. The lowest BCUT2D eigenvalue weighted by Gasteiger charge is -2.31. The molecule has 116 valence electrons. The highest BCUT2D eigenvalue weighted by Crippen LogP contribution is 2.32. The van der Waals surface area contributed by atoms with Crippen LogP contribution in [0.15, 0.2) is 0 Å². The van der Waals surface area contributed by atoms with Gasteiger partial charge < -0.3 is 10.0 Å². The molecule has 0 aromatic heterocycles. The van der Waals surface area contributed by atoms with Gasteiger partial charge in [-0.3, -0.25) is 9.69 Å². The van der Waals surface area contributed by atoms with Gasteiger partial charge in [-0.1, -0.05) is 25.7 Å². The Morgan fingerprint density at radius 3 is 2.65 bits per heavy atom. The second-order valence-electron chi connectivity index (χ2n) is 6.79. The zero-order valence-corrected chi connectivity index (χ0v) is 13.1. The van der Waals surface area contributed by atoms with Crippen LogP contribution in [-0.2, 0) is 4.79 Å². The molecular formula is C16H30N2O2. The summed E-state index contributed by atoms with van der Waals surface area (Å²) in [5.74, 6) is 0.232. The molecule has 0 bridgehead atoms. The number of likely N-dealkylation sites (tertiary alicyclic amines) is 1. The molecule has 1 aliphatic heterocycles. The summed E-state index contributed by atoms with van der Waals surface area (Å²) >= 11 is 0. The molecule has 1 atom stereocenters. The van der Waals surface area contributed by atoms with Gasteiger partial charge in [0.05, 0.1) is 11.6 Å². The average molecular weight is 282 g/mol. The summed E-state index contributed by atoms with van der Waals surface area (Å²) in [6, 6.07) is 0.0423. The maximum atomic E-state index is 12.6. The van der Waals surface area contributed by atoms with E-state index < -0.39 is 5.60 Å². The molecule has 4 heteroatoms. The molecule has 0 aromatic carbocycles. The predicted octanol–water partition coefficient (Wildman–Crippen LogP) is 2.01. The molecule has 0 spiro atoms. The Kier molecular flexibility index (Phi) is 5.44. The Balaban J connectivity index is 1.84. The van der Waals surface area contributed by atoms with Crippen molar-refractivity contribution in [3.05, 3.63) is 0 Å². The molecule has 1 saturated carbocycles. The van der Waals surface area contributed by atoms with Crippen LogP contribution in [-0.4, -0.2) is 59.6 Å². The van der Waals surface area contributed by atoms with Crippen LogP contribution in [0.3, 0.4) is 0 Å². The number of amides is 1. The topological polar surface area (TPSA) is 43.8 Å². The van der Waals surface area contributed by atoms with E-state index in [1.165, 1.54) is 12.8 Å². The molecule has 0 radical (unpaired) electrons. The Labute approximate surface area is 123 Å². The molecule has 1 heterocycles. The first kappa shape index (κ1) is 15.8. The third kappa shape index (κ3) is 3.95. The van der Waals surface area contributed by atoms with Crippen LogP contribution in [0.25, 0.3) is 0 Å². The smallest absolute Gasteiger partial charge is 0.239 e. The Morgan fingerprint density at radius 1 is 1.25 bits per heavy atom. The molecule has 1 amide bonds. The number of hydrogen-bond donors (Lipinski definition) is 1. The molecule has 0 unspecified atom stereocenters. The fourth-order valence-corrected chi connectivity index (χ4v) is 3.59. The maximum absolute atomic E-state index is 12.6. The fraction of sp³-hybridized carbons (Fsp3) is 0.938. The predicted molar refractivity (Wildman–Crippen MR) is 80.6 cm³/mol. The largest absolute Gasteiger partial charge is 0.390 e. The van der Waals surface area contributed by atoms with Gasteiger partial charge >= 0.3 is 0 Å². The van der Waals surface area contributed by atoms with Gasteiger partial charge in [-0.2, -0.15) is 0 Å². The van der Waals surface area contributed by atoms with Crippen LogP contribution in [0.2, 0.25) is 0 Å². The minimum Gasteiger partial charge on any atom is -0.390 e. The van der Waals surface area contributed by atoms with Crippen LogP contribution in [0.1, 0.15) is 57.8 Å². The molecular weight excluding hydrogens is 252 g/mol. The van der Waals surface area contributed by atoms with E-state index in [0.29, 0.717) is 6.54 Å². The lowest BCUT2D eigenvalue weighted by Crippen LogP contribution is -2.46. The number of likely N-dealkylation sites (N-methyl/N-ethyl adjacent to an activating group) is 2. The van der Waals surface area contributed by atoms with Crippen LogP contribution < -0.4 is 0 Å². The highest BCUT2D eigenvalue weighted by atomic mass is 16.3. The number of hydrogen-bond acceptors (Lipinski definition) is 3. The van der Waals surface area contributed by atoms with Gasteiger partial charge in [-0.15, -0.1) is 0 Å².